The van der Waals surface area contributed by atoms with Gasteiger partial charge in [-0.15, -0.1) is 11.8 Å². The Morgan fingerprint density at radius 1 is 1.24 bits per heavy atom. The second-order valence-corrected chi connectivity index (χ2v) is 7.01. The lowest BCUT2D eigenvalue weighted by Gasteiger charge is -2.31. The highest BCUT2D eigenvalue weighted by molar-refractivity contribution is 7.99. The van der Waals surface area contributed by atoms with Gasteiger partial charge in [0.05, 0.1) is 17.0 Å². The summed E-state index contributed by atoms with van der Waals surface area (Å²) in [5, 5.41) is 9.38. The first-order chi connectivity index (χ1) is 12.0. The summed E-state index contributed by atoms with van der Waals surface area (Å²) in [6.07, 6.45) is 0.581. The van der Waals surface area contributed by atoms with Crippen molar-refractivity contribution >= 4 is 35.5 Å². The molecule has 0 spiro atoms. The fourth-order valence-electron chi connectivity index (χ4n) is 3.24. The van der Waals surface area contributed by atoms with Gasteiger partial charge in [0.15, 0.2) is 0 Å². The number of imide groups is 1. The number of carbonyl (C=O) groups excluding carboxylic acids is 3. The molecule has 2 unspecified atom stereocenters. The predicted molar refractivity (Wildman–Crippen MR) is 91.2 cm³/mol. The topological polar surface area (TPSA) is 95.0 Å². The van der Waals surface area contributed by atoms with Crippen LogP contribution in [0.2, 0.25) is 0 Å². The molecule has 1 fully saturated rings. The van der Waals surface area contributed by atoms with Crippen LogP contribution in [-0.2, 0) is 9.59 Å². The van der Waals surface area contributed by atoms with E-state index in [4.69, 9.17) is 0 Å². The molecular formula is C17H18N2O5S. The average Bonchev–Trinajstić information content (AvgIpc) is 2.72. The van der Waals surface area contributed by atoms with Gasteiger partial charge in [-0.05, 0) is 30.7 Å². The minimum absolute atomic E-state index is 0.239. The number of carbonyl (C=O) groups is 4. The highest BCUT2D eigenvalue weighted by Gasteiger charge is 2.45. The van der Waals surface area contributed by atoms with Crippen molar-refractivity contribution in [3.63, 3.8) is 0 Å². The normalized spacial score (nSPS) is 22.0. The lowest BCUT2D eigenvalue weighted by atomic mass is 10.1. The Morgan fingerprint density at radius 3 is 2.36 bits per heavy atom. The monoisotopic (exact) mass is 362 g/mol. The van der Waals surface area contributed by atoms with Gasteiger partial charge in [-0.25, -0.2) is 4.79 Å². The minimum atomic E-state index is -1.08. The second kappa shape index (κ2) is 6.87. The lowest BCUT2D eigenvalue weighted by molar-refractivity contribution is -0.150. The first kappa shape index (κ1) is 17.5. The molecule has 0 saturated carbocycles. The molecule has 0 radical (unpaired) electrons. The smallest absolute Gasteiger partial charge is 0.326 e. The van der Waals surface area contributed by atoms with Crippen LogP contribution in [0.15, 0.2) is 24.3 Å². The van der Waals surface area contributed by atoms with Gasteiger partial charge in [-0.3, -0.25) is 19.3 Å². The zero-order valence-electron chi connectivity index (χ0n) is 13.7. The lowest BCUT2D eigenvalue weighted by Crippen LogP contribution is -2.54. The molecule has 7 nitrogen and oxygen atoms in total. The summed E-state index contributed by atoms with van der Waals surface area (Å²) in [6.45, 7) is 1.69. The van der Waals surface area contributed by atoms with E-state index >= 15 is 0 Å². The number of hydrogen-bond donors (Lipinski definition) is 1. The molecule has 1 saturated heterocycles. The molecule has 132 valence electrons. The number of amides is 3. The number of hydrogen-bond acceptors (Lipinski definition) is 5. The van der Waals surface area contributed by atoms with Crippen LogP contribution in [0.25, 0.3) is 0 Å². The number of benzene rings is 1. The van der Waals surface area contributed by atoms with Gasteiger partial charge in [-0.1, -0.05) is 19.1 Å². The molecule has 2 heterocycles. The number of fused-ring (bicyclic) bond motifs is 1. The standard InChI is InChI=1S/C17H18N2O5S/c1-2-12(17(23)24)18-9-25-8-7-13(16(18)22)19-14(20)10-5-3-4-6-11(10)15(19)21/h3-6,12-13H,2,7-9H2,1H3,(H,23,24). The quantitative estimate of drug-likeness (QED) is 0.815. The number of carboxylic acids is 1. The minimum Gasteiger partial charge on any atom is -0.480 e. The number of aliphatic carboxylic acids is 1. The van der Waals surface area contributed by atoms with E-state index in [0.717, 1.165) is 4.90 Å². The summed E-state index contributed by atoms with van der Waals surface area (Å²) in [5.41, 5.74) is 0.572. The first-order valence-corrected chi connectivity index (χ1v) is 9.20. The van der Waals surface area contributed by atoms with E-state index in [1.165, 1.54) is 16.7 Å². The third-order valence-corrected chi connectivity index (χ3v) is 5.50. The molecule has 3 amide bonds. The van der Waals surface area contributed by atoms with Gasteiger partial charge in [0.1, 0.15) is 12.1 Å². The van der Waals surface area contributed by atoms with Crippen LogP contribution in [0.3, 0.4) is 0 Å². The van der Waals surface area contributed by atoms with Gasteiger partial charge in [0.25, 0.3) is 11.8 Å². The van der Waals surface area contributed by atoms with Gasteiger partial charge >= 0.3 is 5.97 Å². The summed E-state index contributed by atoms with van der Waals surface area (Å²) < 4.78 is 0. The molecule has 2 atom stereocenters. The van der Waals surface area contributed by atoms with Gasteiger partial charge in [-0.2, -0.15) is 0 Å². The van der Waals surface area contributed by atoms with Crippen LogP contribution >= 0.6 is 11.8 Å². The maximum atomic E-state index is 13.0. The summed E-state index contributed by atoms with van der Waals surface area (Å²) in [6, 6.07) is 4.54. The van der Waals surface area contributed by atoms with Crippen LogP contribution in [0.1, 0.15) is 40.5 Å². The molecular weight excluding hydrogens is 344 g/mol. The SMILES string of the molecule is CCC(C(=O)O)N1CSCCC(N2C(=O)c3ccccc3C2=O)C1=O. The van der Waals surface area contributed by atoms with Gasteiger partial charge in [0, 0.05) is 0 Å². The molecule has 0 aromatic heterocycles. The van der Waals surface area contributed by atoms with Crippen molar-refractivity contribution in [3.05, 3.63) is 35.4 Å². The van der Waals surface area contributed by atoms with E-state index in [1.54, 1.807) is 31.2 Å². The molecule has 2 aliphatic heterocycles. The average molecular weight is 362 g/mol. The van der Waals surface area contributed by atoms with Crippen LogP contribution in [0, 0.1) is 0 Å². The van der Waals surface area contributed by atoms with Crippen molar-refractivity contribution in [2.45, 2.75) is 31.8 Å². The van der Waals surface area contributed by atoms with Crippen LogP contribution < -0.4 is 0 Å². The summed E-state index contributed by atoms with van der Waals surface area (Å²) in [5.74, 6) is -1.74. The van der Waals surface area contributed by atoms with E-state index in [9.17, 15) is 24.3 Å². The Kier molecular flexibility index (Phi) is 4.80. The molecule has 1 aromatic carbocycles. The Labute approximate surface area is 149 Å². The van der Waals surface area contributed by atoms with Crippen molar-refractivity contribution < 1.29 is 24.3 Å². The summed E-state index contributed by atoms with van der Waals surface area (Å²) in [4.78, 5) is 52.0. The van der Waals surface area contributed by atoms with Crippen molar-refractivity contribution in [2.24, 2.45) is 0 Å². The van der Waals surface area contributed by atoms with Gasteiger partial charge < -0.3 is 10.0 Å². The van der Waals surface area contributed by atoms with E-state index in [1.807, 2.05) is 0 Å². The fraction of sp³-hybridized carbons (Fsp3) is 0.412. The Balaban J connectivity index is 1.94. The number of nitrogens with zero attached hydrogens (tertiary/aromatic N) is 2. The van der Waals surface area contributed by atoms with Crippen LogP contribution in [0.4, 0.5) is 0 Å². The third-order valence-electron chi connectivity index (χ3n) is 4.52. The molecule has 0 aliphatic carbocycles. The maximum absolute atomic E-state index is 13.0. The van der Waals surface area contributed by atoms with E-state index < -0.39 is 35.8 Å². The highest BCUT2D eigenvalue weighted by Crippen LogP contribution is 2.29. The Bertz CT molecular complexity index is 715. The molecule has 3 rings (SSSR count). The molecule has 0 bridgehead atoms. The Morgan fingerprint density at radius 2 is 1.84 bits per heavy atom. The van der Waals surface area contributed by atoms with Crippen molar-refractivity contribution in [3.8, 4) is 0 Å². The zero-order chi connectivity index (χ0) is 18.1. The second-order valence-electron chi connectivity index (χ2n) is 5.94. The first-order valence-electron chi connectivity index (χ1n) is 8.05. The highest BCUT2D eigenvalue weighted by atomic mass is 32.2. The van der Waals surface area contributed by atoms with Gasteiger partial charge in [0.2, 0.25) is 5.91 Å². The molecule has 8 heteroatoms. The number of rotatable bonds is 4. The van der Waals surface area contributed by atoms with E-state index in [0.29, 0.717) is 12.2 Å². The predicted octanol–water partition coefficient (Wildman–Crippen LogP) is 1.44. The number of carboxylic acid groups (broad SMARTS) is 1. The summed E-state index contributed by atoms with van der Waals surface area (Å²) in [7, 11) is 0. The largest absolute Gasteiger partial charge is 0.480 e. The molecule has 1 N–H and O–H groups in total. The third kappa shape index (κ3) is 2.90. The van der Waals surface area contributed by atoms with Crippen molar-refractivity contribution in [1.82, 2.24) is 9.80 Å². The fourth-order valence-corrected chi connectivity index (χ4v) is 4.26. The molecule has 1 aromatic rings. The molecule has 2 aliphatic rings. The zero-order valence-corrected chi connectivity index (χ0v) is 14.5. The van der Waals surface area contributed by atoms with E-state index in [2.05, 4.69) is 0 Å². The van der Waals surface area contributed by atoms with Crippen molar-refractivity contribution in [2.75, 3.05) is 11.6 Å². The van der Waals surface area contributed by atoms with E-state index in [-0.39, 0.29) is 23.4 Å². The Hall–Kier alpha value is -2.35. The van der Waals surface area contributed by atoms with Crippen LogP contribution in [0.5, 0.6) is 0 Å². The molecule has 25 heavy (non-hydrogen) atoms. The maximum Gasteiger partial charge on any atom is 0.326 e. The number of thioether (sulfide) groups is 1. The van der Waals surface area contributed by atoms with Crippen LogP contribution in [-0.4, -0.2) is 62.3 Å². The van der Waals surface area contributed by atoms with Crippen molar-refractivity contribution in [1.29, 1.82) is 0 Å². The summed E-state index contributed by atoms with van der Waals surface area (Å²) >= 11 is 1.43.